The van der Waals surface area contributed by atoms with Crippen molar-refractivity contribution in [3.63, 3.8) is 0 Å². The second-order valence-corrected chi connectivity index (χ2v) is 7.33. The quantitative estimate of drug-likeness (QED) is 0.477. The fourth-order valence-electron chi connectivity index (χ4n) is 3.51. The molecule has 1 saturated carbocycles. The first-order valence-electron chi connectivity index (χ1n) is 9.70. The summed E-state index contributed by atoms with van der Waals surface area (Å²) in [5.74, 6) is -6.10. The second-order valence-electron chi connectivity index (χ2n) is 7.33. The van der Waals surface area contributed by atoms with E-state index in [9.17, 15) is 29.4 Å². The molecule has 0 aliphatic heterocycles. The summed E-state index contributed by atoms with van der Waals surface area (Å²) < 4.78 is 0. The van der Waals surface area contributed by atoms with Crippen LogP contribution in [0.15, 0.2) is 36.6 Å². The Bertz CT molecular complexity index is 697. The van der Waals surface area contributed by atoms with E-state index in [-0.39, 0.29) is 44.4 Å². The monoisotopic (exact) mass is 406 g/mol. The van der Waals surface area contributed by atoms with E-state index in [4.69, 9.17) is 5.73 Å². The number of nitrogens with two attached hydrogens (primary N) is 1. The van der Waals surface area contributed by atoms with Crippen LogP contribution in [-0.4, -0.2) is 34.0 Å². The SMILES string of the molecule is C=C/C(=C\C=C/C)NC(=O)C1CCC(C(N)=O)CC(C(=O)O)CCC(C(=O)O)C1. The molecule has 8 heteroatoms. The Labute approximate surface area is 170 Å². The molecular formula is C21H30N2O6. The number of carbonyl (C=O) groups is 4. The Hall–Kier alpha value is -2.90. The predicted octanol–water partition coefficient (Wildman–Crippen LogP) is 2.22. The van der Waals surface area contributed by atoms with Crippen LogP contribution in [0.2, 0.25) is 0 Å². The Kier molecular flexibility index (Phi) is 9.85. The van der Waals surface area contributed by atoms with Gasteiger partial charge in [-0.1, -0.05) is 18.7 Å². The van der Waals surface area contributed by atoms with Crippen LogP contribution in [0, 0.1) is 23.7 Å². The van der Waals surface area contributed by atoms with Crippen molar-refractivity contribution >= 4 is 23.8 Å². The Morgan fingerprint density at radius 3 is 1.86 bits per heavy atom. The van der Waals surface area contributed by atoms with Gasteiger partial charge in [-0.3, -0.25) is 19.2 Å². The minimum absolute atomic E-state index is 0.0461. The highest BCUT2D eigenvalue weighted by Gasteiger charge is 2.34. The van der Waals surface area contributed by atoms with Gasteiger partial charge in [0.2, 0.25) is 11.8 Å². The van der Waals surface area contributed by atoms with Crippen molar-refractivity contribution < 1.29 is 29.4 Å². The van der Waals surface area contributed by atoms with E-state index in [1.807, 2.05) is 6.92 Å². The van der Waals surface area contributed by atoms with Crippen LogP contribution in [0.3, 0.4) is 0 Å². The average molecular weight is 406 g/mol. The van der Waals surface area contributed by atoms with E-state index in [1.54, 1.807) is 18.2 Å². The largest absolute Gasteiger partial charge is 0.481 e. The van der Waals surface area contributed by atoms with Crippen molar-refractivity contribution in [2.24, 2.45) is 29.4 Å². The van der Waals surface area contributed by atoms with E-state index in [0.29, 0.717) is 5.70 Å². The number of rotatable bonds is 7. The summed E-state index contributed by atoms with van der Waals surface area (Å²) in [5, 5.41) is 21.7. The van der Waals surface area contributed by atoms with E-state index >= 15 is 0 Å². The average Bonchev–Trinajstić information content (AvgIpc) is 2.67. The molecule has 0 saturated heterocycles. The van der Waals surface area contributed by atoms with Crippen molar-refractivity contribution in [2.75, 3.05) is 0 Å². The lowest BCUT2D eigenvalue weighted by molar-refractivity contribution is -0.147. The summed E-state index contributed by atoms with van der Waals surface area (Å²) >= 11 is 0. The van der Waals surface area contributed by atoms with E-state index in [2.05, 4.69) is 11.9 Å². The molecule has 0 spiro atoms. The topological polar surface area (TPSA) is 147 Å². The van der Waals surface area contributed by atoms with Crippen LogP contribution in [0.1, 0.15) is 45.4 Å². The first-order valence-corrected chi connectivity index (χ1v) is 9.70. The number of hydrogen-bond acceptors (Lipinski definition) is 4. The van der Waals surface area contributed by atoms with Gasteiger partial charge in [0, 0.05) is 17.5 Å². The van der Waals surface area contributed by atoms with Crippen LogP contribution in [0.25, 0.3) is 0 Å². The first kappa shape index (κ1) is 24.1. The molecule has 2 amide bonds. The molecular weight excluding hydrogens is 376 g/mol. The number of hydrogen-bond donors (Lipinski definition) is 4. The predicted molar refractivity (Wildman–Crippen MR) is 107 cm³/mol. The molecule has 1 rings (SSSR count). The number of amides is 2. The number of carbonyl (C=O) groups excluding carboxylic acids is 2. The van der Waals surface area contributed by atoms with Crippen molar-refractivity contribution in [2.45, 2.75) is 45.4 Å². The smallest absolute Gasteiger partial charge is 0.306 e. The maximum Gasteiger partial charge on any atom is 0.306 e. The number of primary amides is 1. The minimum atomic E-state index is -1.07. The molecule has 1 fully saturated rings. The molecule has 4 unspecified atom stereocenters. The van der Waals surface area contributed by atoms with Crippen LogP contribution in [-0.2, 0) is 19.2 Å². The number of carboxylic acids is 2. The highest BCUT2D eigenvalue weighted by molar-refractivity contribution is 5.82. The van der Waals surface area contributed by atoms with E-state index < -0.39 is 41.5 Å². The lowest BCUT2D eigenvalue weighted by Gasteiger charge is -2.26. The third-order valence-electron chi connectivity index (χ3n) is 5.29. The number of carboxylic acid groups (broad SMARTS) is 2. The van der Waals surface area contributed by atoms with Crippen molar-refractivity contribution in [1.29, 1.82) is 0 Å². The molecule has 0 aromatic heterocycles. The Morgan fingerprint density at radius 1 is 0.931 bits per heavy atom. The van der Waals surface area contributed by atoms with Gasteiger partial charge in [-0.05, 0) is 57.6 Å². The van der Waals surface area contributed by atoms with E-state index in [0.717, 1.165) is 0 Å². The maximum absolute atomic E-state index is 12.8. The molecule has 0 aromatic carbocycles. The van der Waals surface area contributed by atoms with E-state index in [1.165, 1.54) is 6.08 Å². The van der Waals surface area contributed by atoms with Gasteiger partial charge in [0.15, 0.2) is 0 Å². The highest BCUT2D eigenvalue weighted by Crippen LogP contribution is 2.31. The van der Waals surface area contributed by atoms with Gasteiger partial charge in [-0.2, -0.15) is 0 Å². The zero-order chi connectivity index (χ0) is 22.0. The summed E-state index contributed by atoms with van der Waals surface area (Å²) in [6.45, 7) is 5.47. The number of nitrogens with one attached hydrogen (secondary N) is 1. The van der Waals surface area contributed by atoms with Crippen LogP contribution in [0.5, 0.6) is 0 Å². The highest BCUT2D eigenvalue weighted by atomic mass is 16.4. The number of allylic oxidation sites excluding steroid dienone is 4. The summed E-state index contributed by atoms with van der Waals surface area (Å²) in [4.78, 5) is 47.7. The van der Waals surface area contributed by atoms with Gasteiger partial charge < -0.3 is 21.3 Å². The molecule has 4 atom stereocenters. The zero-order valence-electron chi connectivity index (χ0n) is 16.7. The third kappa shape index (κ3) is 7.93. The van der Waals surface area contributed by atoms with Gasteiger partial charge in [-0.15, -0.1) is 0 Å². The summed E-state index contributed by atoms with van der Waals surface area (Å²) in [6, 6.07) is 0. The Balaban J connectivity index is 3.08. The van der Waals surface area contributed by atoms with Crippen LogP contribution >= 0.6 is 0 Å². The second kappa shape index (κ2) is 11.8. The first-order chi connectivity index (χ1) is 13.7. The molecule has 0 radical (unpaired) electrons. The molecule has 160 valence electrons. The molecule has 0 heterocycles. The normalized spacial score (nSPS) is 26.4. The minimum Gasteiger partial charge on any atom is -0.481 e. The Morgan fingerprint density at radius 2 is 1.41 bits per heavy atom. The molecule has 0 bridgehead atoms. The molecule has 29 heavy (non-hydrogen) atoms. The van der Waals surface area contributed by atoms with Crippen LogP contribution in [0.4, 0.5) is 0 Å². The molecule has 5 N–H and O–H groups in total. The summed E-state index contributed by atoms with van der Waals surface area (Å²) in [5.41, 5.74) is 5.92. The van der Waals surface area contributed by atoms with Crippen LogP contribution < -0.4 is 11.1 Å². The third-order valence-corrected chi connectivity index (χ3v) is 5.29. The van der Waals surface area contributed by atoms with Gasteiger partial charge in [-0.25, -0.2) is 0 Å². The molecule has 0 aromatic rings. The summed E-state index contributed by atoms with van der Waals surface area (Å²) in [6.07, 6.45) is 7.48. The lowest BCUT2D eigenvalue weighted by Crippen LogP contribution is -2.35. The van der Waals surface area contributed by atoms with Gasteiger partial charge in [0.25, 0.3) is 0 Å². The summed E-state index contributed by atoms with van der Waals surface area (Å²) in [7, 11) is 0. The lowest BCUT2D eigenvalue weighted by atomic mass is 9.78. The van der Waals surface area contributed by atoms with Gasteiger partial charge in [0.05, 0.1) is 11.8 Å². The van der Waals surface area contributed by atoms with Crippen molar-refractivity contribution in [1.82, 2.24) is 5.32 Å². The fourth-order valence-corrected chi connectivity index (χ4v) is 3.51. The zero-order valence-corrected chi connectivity index (χ0v) is 16.7. The molecule has 1 aliphatic carbocycles. The van der Waals surface area contributed by atoms with Crippen molar-refractivity contribution in [3.8, 4) is 0 Å². The number of aliphatic carboxylic acids is 2. The maximum atomic E-state index is 12.8. The van der Waals surface area contributed by atoms with Gasteiger partial charge >= 0.3 is 11.9 Å². The molecule has 8 nitrogen and oxygen atoms in total. The standard InChI is InChI=1S/C21H30N2O6/c1-3-5-6-17(4-2)23-19(25)14-8-7-13(18(22)24)11-15(20(26)27)9-10-16(12-14)21(28)29/h3-6,13-16H,2,7-12H2,1H3,(H2,22,24)(H,23,25)(H,26,27)(H,28,29)/b5-3-,17-6+. The van der Waals surface area contributed by atoms with Crippen molar-refractivity contribution in [3.05, 3.63) is 36.6 Å². The van der Waals surface area contributed by atoms with Gasteiger partial charge in [0.1, 0.15) is 0 Å². The fraction of sp³-hybridized carbons (Fsp3) is 0.524. The molecule has 1 aliphatic rings.